The minimum Gasteiger partial charge on any atom is -0.493 e. The molecule has 3 amide bonds. The summed E-state index contributed by atoms with van der Waals surface area (Å²) in [4.78, 5) is 26.3. The first-order chi connectivity index (χ1) is 13.6. The Morgan fingerprint density at radius 1 is 1.18 bits per heavy atom. The van der Waals surface area contributed by atoms with Gasteiger partial charge in [-0.05, 0) is 30.7 Å². The zero-order chi connectivity index (χ0) is 19.9. The van der Waals surface area contributed by atoms with E-state index in [1.807, 2.05) is 12.1 Å². The molecule has 1 saturated heterocycles. The quantitative estimate of drug-likeness (QED) is 0.708. The standard InChI is InChI=1S/C20H23N3O5/c1-27-17-8-4-5-9-18(17)28-16-7-3-2-6-14(16)22-20(26)23-12-11-21-19(25)15(23)10-13-24/h2-9,15,24H,10-13H2,1H3,(H,21,25)(H,22,26). The molecule has 0 radical (unpaired) electrons. The molecule has 1 heterocycles. The molecule has 0 aliphatic carbocycles. The summed E-state index contributed by atoms with van der Waals surface area (Å²) in [7, 11) is 1.55. The van der Waals surface area contributed by atoms with Crippen molar-refractivity contribution in [2.24, 2.45) is 0 Å². The molecule has 3 rings (SSSR count). The fraction of sp³-hybridized carbons (Fsp3) is 0.300. The smallest absolute Gasteiger partial charge is 0.322 e. The first kappa shape index (κ1) is 19.5. The SMILES string of the molecule is COc1ccccc1Oc1ccccc1NC(=O)N1CCNC(=O)C1CCO. The minimum absolute atomic E-state index is 0.179. The topological polar surface area (TPSA) is 100 Å². The van der Waals surface area contributed by atoms with E-state index in [0.717, 1.165) is 0 Å². The van der Waals surface area contributed by atoms with E-state index in [0.29, 0.717) is 36.0 Å². The zero-order valence-electron chi connectivity index (χ0n) is 15.6. The number of nitrogens with zero attached hydrogens (tertiary/aromatic N) is 1. The molecule has 0 spiro atoms. The molecule has 1 aliphatic rings. The molecule has 0 bridgehead atoms. The molecular weight excluding hydrogens is 362 g/mol. The zero-order valence-corrected chi connectivity index (χ0v) is 15.6. The van der Waals surface area contributed by atoms with Gasteiger partial charge < -0.3 is 30.1 Å². The number of nitrogens with one attached hydrogen (secondary N) is 2. The van der Waals surface area contributed by atoms with Gasteiger partial charge in [0.2, 0.25) is 5.91 Å². The van der Waals surface area contributed by atoms with Gasteiger partial charge in [0.05, 0.1) is 12.8 Å². The van der Waals surface area contributed by atoms with Crippen molar-refractivity contribution in [1.82, 2.24) is 10.2 Å². The van der Waals surface area contributed by atoms with Crippen LogP contribution in [0.2, 0.25) is 0 Å². The Bertz CT molecular complexity index is 842. The lowest BCUT2D eigenvalue weighted by molar-refractivity contribution is -0.128. The highest BCUT2D eigenvalue weighted by Crippen LogP contribution is 2.35. The third-order valence-corrected chi connectivity index (χ3v) is 4.41. The average Bonchev–Trinajstić information content (AvgIpc) is 2.71. The number of methoxy groups -OCH3 is 1. The fourth-order valence-electron chi connectivity index (χ4n) is 3.03. The van der Waals surface area contributed by atoms with Gasteiger partial charge in [-0.3, -0.25) is 4.79 Å². The molecule has 148 valence electrons. The van der Waals surface area contributed by atoms with Crippen LogP contribution in [0.25, 0.3) is 0 Å². The number of para-hydroxylation sites is 4. The van der Waals surface area contributed by atoms with E-state index < -0.39 is 12.1 Å². The van der Waals surface area contributed by atoms with Gasteiger partial charge in [0.1, 0.15) is 6.04 Å². The number of aliphatic hydroxyl groups excluding tert-OH is 1. The number of hydrogen-bond acceptors (Lipinski definition) is 5. The summed E-state index contributed by atoms with van der Waals surface area (Å²) < 4.78 is 11.2. The third-order valence-electron chi connectivity index (χ3n) is 4.41. The monoisotopic (exact) mass is 385 g/mol. The highest BCUT2D eigenvalue weighted by Gasteiger charge is 2.32. The Morgan fingerprint density at radius 3 is 2.57 bits per heavy atom. The summed E-state index contributed by atoms with van der Waals surface area (Å²) in [5, 5.41) is 14.7. The second-order valence-electron chi connectivity index (χ2n) is 6.19. The summed E-state index contributed by atoms with van der Waals surface area (Å²) in [6.45, 7) is 0.542. The Labute approximate surface area is 163 Å². The third kappa shape index (κ3) is 4.34. The molecule has 1 fully saturated rings. The molecular formula is C20H23N3O5. The summed E-state index contributed by atoms with van der Waals surface area (Å²) >= 11 is 0. The number of aliphatic hydroxyl groups is 1. The van der Waals surface area contributed by atoms with Crippen molar-refractivity contribution >= 4 is 17.6 Å². The van der Waals surface area contributed by atoms with Gasteiger partial charge in [0.25, 0.3) is 0 Å². The van der Waals surface area contributed by atoms with Crippen molar-refractivity contribution in [3.05, 3.63) is 48.5 Å². The van der Waals surface area contributed by atoms with E-state index in [4.69, 9.17) is 9.47 Å². The van der Waals surface area contributed by atoms with E-state index >= 15 is 0 Å². The van der Waals surface area contributed by atoms with Crippen molar-refractivity contribution < 1.29 is 24.2 Å². The lowest BCUT2D eigenvalue weighted by Gasteiger charge is -2.34. The summed E-state index contributed by atoms with van der Waals surface area (Å²) in [6.07, 6.45) is 0.179. The van der Waals surface area contributed by atoms with Crippen molar-refractivity contribution in [2.75, 3.05) is 32.1 Å². The van der Waals surface area contributed by atoms with Crippen molar-refractivity contribution in [3.63, 3.8) is 0 Å². The first-order valence-corrected chi connectivity index (χ1v) is 9.00. The van der Waals surface area contributed by atoms with Crippen LogP contribution in [0.1, 0.15) is 6.42 Å². The highest BCUT2D eigenvalue weighted by molar-refractivity contribution is 5.95. The first-order valence-electron chi connectivity index (χ1n) is 9.00. The lowest BCUT2D eigenvalue weighted by Crippen LogP contribution is -2.58. The summed E-state index contributed by atoms with van der Waals surface area (Å²) in [6, 6.07) is 13.1. The predicted octanol–water partition coefficient (Wildman–Crippen LogP) is 2.20. The number of urea groups is 1. The van der Waals surface area contributed by atoms with Crippen LogP contribution in [-0.2, 0) is 4.79 Å². The molecule has 0 aromatic heterocycles. The number of carbonyl (C=O) groups is 2. The van der Waals surface area contributed by atoms with Crippen LogP contribution in [0.3, 0.4) is 0 Å². The van der Waals surface area contributed by atoms with E-state index in [1.54, 1.807) is 43.5 Å². The highest BCUT2D eigenvalue weighted by atomic mass is 16.5. The minimum atomic E-state index is -0.707. The molecule has 28 heavy (non-hydrogen) atoms. The van der Waals surface area contributed by atoms with Gasteiger partial charge in [0, 0.05) is 19.7 Å². The van der Waals surface area contributed by atoms with Gasteiger partial charge in [-0.1, -0.05) is 24.3 Å². The molecule has 0 saturated carbocycles. The summed E-state index contributed by atoms with van der Waals surface area (Å²) in [5.74, 6) is 1.26. The van der Waals surface area contributed by atoms with E-state index in [2.05, 4.69) is 10.6 Å². The van der Waals surface area contributed by atoms with Crippen LogP contribution in [0.4, 0.5) is 10.5 Å². The maximum Gasteiger partial charge on any atom is 0.322 e. The van der Waals surface area contributed by atoms with Crippen LogP contribution in [0.5, 0.6) is 17.2 Å². The molecule has 8 nitrogen and oxygen atoms in total. The number of anilines is 1. The Hall–Kier alpha value is -3.26. The molecule has 3 N–H and O–H groups in total. The van der Waals surface area contributed by atoms with Crippen LogP contribution < -0.4 is 20.1 Å². The lowest BCUT2D eigenvalue weighted by atomic mass is 10.1. The second-order valence-corrected chi connectivity index (χ2v) is 6.19. The van der Waals surface area contributed by atoms with Crippen molar-refractivity contribution in [1.29, 1.82) is 0 Å². The number of carbonyl (C=O) groups excluding carboxylic acids is 2. The molecule has 1 aliphatic heterocycles. The largest absolute Gasteiger partial charge is 0.493 e. The maximum atomic E-state index is 12.8. The van der Waals surface area contributed by atoms with Gasteiger partial charge in [-0.15, -0.1) is 0 Å². The van der Waals surface area contributed by atoms with Gasteiger partial charge >= 0.3 is 6.03 Å². The van der Waals surface area contributed by atoms with Crippen LogP contribution in [-0.4, -0.2) is 54.8 Å². The van der Waals surface area contributed by atoms with Gasteiger partial charge in [-0.25, -0.2) is 4.79 Å². The van der Waals surface area contributed by atoms with Crippen LogP contribution >= 0.6 is 0 Å². The van der Waals surface area contributed by atoms with Crippen molar-refractivity contribution in [2.45, 2.75) is 12.5 Å². The molecule has 2 aromatic rings. The van der Waals surface area contributed by atoms with Gasteiger partial charge in [-0.2, -0.15) is 0 Å². The van der Waals surface area contributed by atoms with Crippen LogP contribution in [0.15, 0.2) is 48.5 Å². The van der Waals surface area contributed by atoms with Gasteiger partial charge in [0.15, 0.2) is 17.2 Å². The fourth-order valence-corrected chi connectivity index (χ4v) is 3.03. The normalized spacial score (nSPS) is 16.3. The maximum absolute atomic E-state index is 12.8. The molecule has 1 atom stereocenters. The number of amides is 3. The average molecular weight is 385 g/mol. The van der Waals surface area contributed by atoms with Crippen LogP contribution in [0, 0.1) is 0 Å². The number of ether oxygens (including phenoxy) is 2. The van der Waals surface area contributed by atoms with E-state index in [-0.39, 0.29) is 18.9 Å². The Balaban J connectivity index is 1.79. The number of rotatable bonds is 6. The number of piperazine rings is 1. The molecule has 1 unspecified atom stereocenters. The second kappa shape index (κ2) is 9.09. The summed E-state index contributed by atoms with van der Waals surface area (Å²) in [5.41, 5.74) is 0.465. The molecule has 2 aromatic carbocycles. The van der Waals surface area contributed by atoms with E-state index in [1.165, 1.54) is 4.90 Å². The Kier molecular flexibility index (Phi) is 6.33. The Morgan fingerprint density at radius 2 is 1.86 bits per heavy atom. The van der Waals surface area contributed by atoms with Crippen molar-refractivity contribution in [3.8, 4) is 17.2 Å². The number of hydrogen-bond donors (Lipinski definition) is 3. The number of benzene rings is 2. The predicted molar refractivity (Wildman–Crippen MR) is 104 cm³/mol. The van der Waals surface area contributed by atoms with E-state index in [9.17, 15) is 14.7 Å². The molecule has 8 heteroatoms.